The molecule has 0 atom stereocenters. The molecule has 0 spiro atoms. The van der Waals surface area contributed by atoms with Gasteiger partial charge in [0, 0.05) is 8.62 Å². The summed E-state index contributed by atoms with van der Waals surface area (Å²) in [6.07, 6.45) is 1.68. The highest BCUT2D eigenvalue weighted by Crippen LogP contribution is 2.08. The summed E-state index contributed by atoms with van der Waals surface area (Å²) in [5.74, 6) is 0. The van der Waals surface area contributed by atoms with Crippen molar-refractivity contribution in [1.82, 2.24) is 0 Å². The van der Waals surface area contributed by atoms with Crippen LogP contribution in [0.5, 0.6) is 0 Å². The van der Waals surface area contributed by atoms with E-state index in [1.807, 2.05) is 22.6 Å². The van der Waals surface area contributed by atoms with E-state index in [0.717, 1.165) is 2.91 Å². The first-order valence-corrected chi connectivity index (χ1v) is 3.27. The van der Waals surface area contributed by atoms with Crippen LogP contribution >= 0.6 is 35.2 Å². The van der Waals surface area contributed by atoms with Gasteiger partial charge in [0.1, 0.15) is 0 Å². The second-order valence-corrected chi connectivity index (χ2v) is 3.65. The average Bonchev–Trinajstić information content (AvgIpc) is 1.27. The molecular weight excluding hydrogens is 221 g/mol. The van der Waals surface area contributed by atoms with Crippen molar-refractivity contribution in [2.24, 2.45) is 0 Å². The SMILES string of the molecule is CC(=N)/C=C(\S)I. The Bertz CT molecular complexity index is 104. The number of nitrogens with one attached hydrogen (secondary N) is 1. The summed E-state index contributed by atoms with van der Waals surface area (Å²) in [4.78, 5) is 0. The molecule has 0 bridgehead atoms. The molecular formula is C4H6INS. The quantitative estimate of drug-likeness (QED) is 0.390. The summed E-state index contributed by atoms with van der Waals surface area (Å²) in [5, 5.41) is 6.89. The average molecular weight is 227 g/mol. The molecule has 0 saturated carbocycles. The third kappa shape index (κ3) is 6.49. The molecule has 0 radical (unpaired) electrons. The monoisotopic (exact) mass is 227 g/mol. The van der Waals surface area contributed by atoms with Gasteiger partial charge in [0.15, 0.2) is 0 Å². The fraction of sp³-hybridized carbons (Fsp3) is 0.250. The first kappa shape index (κ1) is 7.49. The van der Waals surface area contributed by atoms with Crippen molar-refractivity contribution < 1.29 is 0 Å². The van der Waals surface area contributed by atoms with Gasteiger partial charge in [-0.15, -0.1) is 12.6 Å². The van der Waals surface area contributed by atoms with Crippen molar-refractivity contribution in [3.63, 3.8) is 0 Å². The van der Waals surface area contributed by atoms with Gasteiger partial charge in [0.25, 0.3) is 0 Å². The predicted molar refractivity (Wildman–Crippen MR) is 44.5 cm³/mol. The highest BCUT2D eigenvalue weighted by atomic mass is 127. The van der Waals surface area contributed by atoms with Gasteiger partial charge in [-0.3, -0.25) is 0 Å². The Labute approximate surface area is 62.2 Å². The van der Waals surface area contributed by atoms with Crippen molar-refractivity contribution in [1.29, 1.82) is 5.41 Å². The molecule has 7 heavy (non-hydrogen) atoms. The van der Waals surface area contributed by atoms with Gasteiger partial charge in [0.2, 0.25) is 0 Å². The summed E-state index contributed by atoms with van der Waals surface area (Å²) < 4.78 is 0.852. The third-order valence-corrected chi connectivity index (χ3v) is 0.776. The van der Waals surface area contributed by atoms with E-state index in [1.54, 1.807) is 13.0 Å². The number of hydrogen-bond acceptors (Lipinski definition) is 2. The summed E-state index contributed by atoms with van der Waals surface area (Å²) >= 11 is 5.99. The highest BCUT2D eigenvalue weighted by molar-refractivity contribution is 14.1. The molecule has 1 nitrogen and oxygen atoms in total. The van der Waals surface area contributed by atoms with Crippen LogP contribution in [0, 0.1) is 5.41 Å². The van der Waals surface area contributed by atoms with Crippen LogP contribution in [0.1, 0.15) is 6.92 Å². The van der Waals surface area contributed by atoms with E-state index in [-0.39, 0.29) is 0 Å². The normalized spacial score (nSPS) is 11.6. The van der Waals surface area contributed by atoms with E-state index in [1.165, 1.54) is 0 Å². The van der Waals surface area contributed by atoms with E-state index in [9.17, 15) is 0 Å². The van der Waals surface area contributed by atoms with Crippen LogP contribution in [0.25, 0.3) is 0 Å². The Morgan fingerprint density at radius 1 is 1.86 bits per heavy atom. The van der Waals surface area contributed by atoms with E-state index < -0.39 is 0 Å². The molecule has 0 aromatic rings. The van der Waals surface area contributed by atoms with Gasteiger partial charge in [-0.05, 0) is 35.6 Å². The van der Waals surface area contributed by atoms with Crippen LogP contribution in [-0.2, 0) is 0 Å². The van der Waals surface area contributed by atoms with Gasteiger partial charge in [-0.2, -0.15) is 0 Å². The second-order valence-electron chi connectivity index (χ2n) is 1.15. The first-order chi connectivity index (χ1) is 3.13. The minimum atomic E-state index is 0.541. The molecule has 40 valence electrons. The first-order valence-electron chi connectivity index (χ1n) is 1.74. The molecule has 0 aliphatic carbocycles. The van der Waals surface area contributed by atoms with E-state index >= 15 is 0 Å². The molecule has 0 fully saturated rings. The number of rotatable bonds is 1. The van der Waals surface area contributed by atoms with Crippen LogP contribution in [0.15, 0.2) is 8.99 Å². The molecule has 0 aliphatic rings. The summed E-state index contributed by atoms with van der Waals surface area (Å²) in [6.45, 7) is 1.72. The van der Waals surface area contributed by atoms with Gasteiger partial charge < -0.3 is 5.41 Å². The Hall–Kier alpha value is 0.490. The van der Waals surface area contributed by atoms with Gasteiger partial charge >= 0.3 is 0 Å². The van der Waals surface area contributed by atoms with Crippen molar-refractivity contribution in [3.8, 4) is 0 Å². The highest BCUT2D eigenvalue weighted by Gasteiger charge is 1.78. The number of allylic oxidation sites excluding steroid dienone is 1. The summed E-state index contributed by atoms with van der Waals surface area (Å²) in [7, 11) is 0. The maximum absolute atomic E-state index is 6.89. The Morgan fingerprint density at radius 2 is 2.29 bits per heavy atom. The Kier molecular flexibility index (Phi) is 3.73. The van der Waals surface area contributed by atoms with E-state index in [4.69, 9.17) is 5.41 Å². The smallest absolute Gasteiger partial charge is 0.0444 e. The van der Waals surface area contributed by atoms with Crippen molar-refractivity contribution in [2.45, 2.75) is 6.92 Å². The number of thiol groups is 1. The second kappa shape index (κ2) is 3.49. The molecule has 0 rings (SSSR count). The Morgan fingerprint density at radius 3 is 2.29 bits per heavy atom. The maximum atomic E-state index is 6.89. The minimum Gasteiger partial charge on any atom is -0.306 e. The summed E-state index contributed by atoms with van der Waals surface area (Å²) in [6, 6.07) is 0. The standard InChI is InChI=1S/C4H6INS/c1-3(6)2-4(5)7/h2,6-7H,1H3/b4-2-,6-3?. The molecule has 0 aromatic heterocycles. The van der Waals surface area contributed by atoms with Crippen molar-refractivity contribution in [3.05, 3.63) is 8.99 Å². The fourth-order valence-electron chi connectivity index (χ4n) is 0.179. The molecule has 0 aromatic carbocycles. The predicted octanol–water partition coefficient (Wildman–Crippen LogP) is 2.23. The Balaban J connectivity index is 3.68. The number of halogens is 1. The van der Waals surface area contributed by atoms with Crippen LogP contribution in [0.4, 0.5) is 0 Å². The minimum absolute atomic E-state index is 0.541. The zero-order valence-electron chi connectivity index (χ0n) is 3.90. The largest absolute Gasteiger partial charge is 0.306 e. The molecule has 0 heterocycles. The molecule has 3 heteroatoms. The lowest BCUT2D eigenvalue weighted by Crippen LogP contribution is -1.76. The lowest BCUT2D eigenvalue weighted by Gasteiger charge is -1.81. The van der Waals surface area contributed by atoms with Crippen LogP contribution < -0.4 is 0 Å². The lowest BCUT2D eigenvalue weighted by atomic mass is 10.4. The van der Waals surface area contributed by atoms with Crippen molar-refractivity contribution in [2.75, 3.05) is 0 Å². The third-order valence-electron chi connectivity index (χ3n) is 0.336. The van der Waals surface area contributed by atoms with E-state index in [2.05, 4.69) is 12.6 Å². The van der Waals surface area contributed by atoms with Gasteiger partial charge in [0.05, 0.1) is 0 Å². The van der Waals surface area contributed by atoms with Crippen LogP contribution in [0.2, 0.25) is 0 Å². The summed E-state index contributed by atoms with van der Waals surface area (Å²) in [5.41, 5.74) is 0.541. The number of hydrogen-bond donors (Lipinski definition) is 2. The molecule has 0 amide bonds. The molecule has 0 unspecified atom stereocenters. The topological polar surface area (TPSA) is 23.9 Å². The fourth-order valence-corrected chi connectivity index (χ4v) is 0.839. The van der Waals surface area contributed by atoms with Gasteiger partial charge in [-0.1, -0.05) is 0 Å². The van der Waals surface area contributed by atoms with Crippen molar-refractivity contribution >= 4 is 40.9 Å². The molecule has 1 N–H and O–H groups in total. The van der Waals surface area contributed by atoms with E-state index in [0.29, 0.717) is 5.71 Å². The molecule has 0 aliphatic heterocycles. The lowest BCUT2D eigenvalue weighted by molar-refractivity contribution is 1.50. The zero-order valence-corrected chi connectivity index (χ0v) is 6.95. The molecule has 0 saturated heterocycles. The van der Waals surface area contributed by atoms with Crippen LogP contribution in [-0.4, -0.2) is 5.71 Å². The maximum Gasteiger partial charge on any atom is 0.0444 e. The van der Waals surface area contributed by atoms with Gasteiger partial charge in [-0.25, -0.2) is 0 Å². The zero-order chi connectivity index (χ0) is 5.86. The van der Waals surface area contributed by atoms with Crippen LogP contribution in [0.3, 0.4) is 0 Å².